The van der Waals surface area contributed by atoms with E-state index in [1.807, 2.05) is 7.05 Å². The van der Waals surface area contributed by atoms with Crippen LogP contribution in [0.4, 0.5) is 8.78 Å². The van der Waals surface area contributed by atoms with E-state index in [1.165, 1.54) is 4.90 Å². The van der Waals surface area contributed by atoms with Crippen molar-refractivity contribution in [1.29, 1.82) is 0 Å². The van der Waals surface area contributed by atoms with E-state index in [0.717, 1.165) is 18.2 Å². The molecule has 0 saturated carbocycles. The molecular weight excluding hydrogens is 328 g/mol. The summed E-state index contributed by atoms with van der Waals surface area (Å²) in [5.41, 5.74) is 0.321. The van der Waals surface area contributed by atoms with Crippen molar-refractivity contribution >= 4 is 11.8 Å². The zero-order valence-corrected chi connectivity index (χ0v) is 13.9. The smallest absolute Gasteiger partial charge is 0.256 e. The molecule has 0 radical (unpaired) electrons. The lowest BCUT2D eigenvalue weighted by molar-refractivity contribution is 0.0716. The highest BCUT2D eigenvalue weighted by molar-refractivity contribution is 5.95. The van der Waals surface area contributed by atoms with Gasteiger partial charge in [0.05, 0.1) is 11.1 Å². The highest BCUT2D eigenvalue weighted by Crippen LogP contribution is 2.15. The molecule has 0 unspecified atom stereocenters. The average molecular weight is 347 g/mol. The van der Waals surface area contributed by atoms with Crippen LogP contribution in [0.15, 0.2) is 36.7 Å². The van der Waals surface area contributed by atoms with Gasteiger partial charge in [0.25, 0.3) is 11.8 Å². The van der Waals surface area contributed by atoms with Gasteiger partial charge in [0.2, 0.25) is 0 Å². The van der Waals surface area contributed by atoms with Crippen LogP contribution in [-0.2, 0) is 7.05 Å². The van der Waals surface area contributed by atoms with Crippen molar-refractivity contribution in [3.05, 3.63) is 59.4 Å². The third-order valence-electron chi connectivity index (χ3n) is 4.31. The Morgan fingerprint density at radius 3 is 2.28 bits per heavy atom. The first-order valence-electron chi connectivity index (χ1n) is 8.11. The maximum absolute atomic E-state index is 13.8. The Labute approximate surface area is 144 Å². The molecule has 1 saturated heterocycles. The summed E-state index contributed by atoms with van der Waals surface area (Å²) in [5, 5.41) is 0. The zero-order valence-electron chi connectivity index (χ0n) is 13.9. The van der Waals surface area contributed by atoms with Crippen LogP contribution in [0, 0.1) is 11.6 Å². The van der Waals surface area contributed by atoms with Crippen LogP contribution in [0.5, 0.6) is 0 Å². The molecule has 5 nitrogen and oxygen atoms in total. The van der Waals surface area contributed by atoms with Gasteiger partial charge >= 0.3 is 0 Å². The summed E-state index contributed by atoms with van der Waals surface area (Å²) in [4.78, 5) is 28.2. The minimum Gasteiger partial charge on any atom is -0.356 e. The highest BCUT2D eigenvalue weighted by atomic mass is 19.1. The number of aryl methyl sites for hydroxylation is 1. The van der Waals surface area contributed by atoms with E-state index >= 15 is 0 Å². The van der Waals surface area contributed by atoms with E-state index in [-0.39, 0.29) is 18.0 Å². The molecule has 0 spiro atoms. The van der Waals surface area contributed by atoms with Gasteiger partial charge in [-0.2, -0.15) is 0 Å². The minimum atomic E-state index is -0.743. The standard InChI is InChI=1S/C18H19F2N3O2/c1-21-8-5-13(12-21)17(24)22-6-2-7-23(10-9-22)18(25)15-11-14(19)3-4-16(15)20/h3-5,8,11-12H,2,6-7,9-10H2,1H3. The largest absolute Gasteiger partial charge is 0.356 e. The average Bonchev–Trinajstić information content (AvgIpc) is 2.88. The Hall–Kier alpha value is -2.70. The number of carbonyl (C=O) groups excluding carboxylic acids is 2. The number of amides is 2. The van der Waals surface area contributed by atoms with E-state index in [9.17, 15) is 18.4 Å². The fourth-order valence-corrected chi connectivity index (χ4v) is 2.97. The van der Waals surface area contributed by atoms with Gasteiger partial charge in [-0.25, -0.2) is 8.78 Å². The van der Waals surface area contributed by atoms with Gasteiger partial charge in [0, 0.05) is 45.6 Å². The Balaban J connectivity index is 1.70. The second-order valence-corrected chi connectivity index (χ2v) is 6.13. The van der Waals surface area contributed by atoms with Gasteiger partial charge in [0.15, 0.2) is 0 Å². The van der Waals surface area contributed by atoms with Crippen molar-refractivity contribution < 1.29 is 18.4 Å². The molecule has 25 heavy (non-hydrogen) atoms. The second kappa shape index (κ2) is 7.04. The van der Waals surface area contributed by atoms with Gasteiger partial charge in [-0.05, 0) is 30.7 Å². The van der Waals surface area contributed by atoms with Gasteiger partial charge < -0.3 is 14.4 Å². The number of benzene rings is 1. The molecule has 0 N–H and O–H groups in total. The van der Waals surface area contributed by atoms with Crippen LogP contribution >= 0.6 is 0 Å². The Bertz CT molecular complexity index is 803. The molecule has 7 heteroatoms. The van der Waals surface area contributed by atoms with Crippen molar-refractivity contribution in [3.63, 3.8) is 0 Å². The van der Waals surface area contributed by atoms with E-state index < -0.39 is 17.5 Å². The number of hydrogen-bond acceptors (Lipinski definition) is 2. The first kappa shape index (κ1) is 17.1. The Kier molecular flexibility index (Phi) is 4.83. The molecule has 2 aromatic rings. The van der Waals surface area contributed by atoms with Crippen molar-refractivity contribution in [2.24, 2.45) is 7.05 Å². The van der Waals surface area contributed by atoms with E-state index in [2.05, 4.69) is 0 Å². The molecule has 0 aliphatic carbocycles. The van der Waals surface area contributed by atoms with Crippen LogP contribution in [0.1, 0.15) is 27.1 Å². The summed E-state index contributed by atoms with van der Waals surface area (Å²) >= 11 is 0. The Morgan fingerprint density at radius 1 is 0.960 bits per heavy atom. The van der Waals surface area contributed by atoms with Crippen LogP contribution in [0.2, 0.25) is 0 Å². The molecule has 1 aliphatic heterocycles. The topological polar surface area (TPSA) is 45.6 Å². The highest BCUT2D eigenvalue weighted by Gasteiger charge is 2.25. The van der Waals surface area contributed by atoms with E-state index in [0.29, 0.717) is 31.6 Å². The van der Waals surface area contributed by atoms with Crippen molar-refractivity contribution in [2.45, 2.75) is 6.42 Å². The van der Waals surface area contributed by atoms with Gasteiger partial charge in [-0.1, -0.05) is 0 Å². The molecular formula is C18H19F2N3O2. The number of nitrogens with zero attached hydrogens (tertiary/aromatic N) is 3. The number of rotatable bonds is 2. The van der Waals surface area contributed by atoms with Crippen LogP contribution in [-0.4, -0.2) is 52.4 Å². The summed E-state index contributed by atoms with van der Waals surface area (Å²) in [5.74, 6) is -2.04. The molecule has 2 heterocycles. The molecule has 1 aromatic carbocycles. The molecule has 1 aromatic heterocycles. The summed E-state index contributed by atoms with van der Waals surface area (Å²) < 4.78 is 28.9. The van der Waals surface area contributed by atoms with Crippen molar-refractivity contribution in [2.75, 3.05) is 26.2 Å². The molecule has 1 fully saturated rings. The molecule has 1 aliphatic rings. The molecule has 3 rings (SSSR count). The fourth-order valence-electron chi connectivity index (χ4n) is 2.97. The first-order chi connectivity index (χ1) is 12.0. The maximum Gasteiger partial charge on any atom is 0.256 e. The monoisotopic (exact) mass is 347 g/mol. The SMILES string of the molecule is Cn1ccc(C(=O)N2CCCN(C(=O)c3cc(F)ccc3F)CC2)c1. The fraction of sp³-hybridized carbons (Fsp3) is 0.333. The van der Waals surface area contributed by atoms with E-state index in [4.69, 9.17) is 0 Å². The minimum absolute atomic E-state index is 0.0909. The Morgan fingerprint density at radius 2 is 1.64 bits per heavy atom. The quantitative estimate of drug-likeness (QED) is 0.837. The molecule has 132 valence electrons. The lowest BCUT2D eigenvalue weighted by Gasteiger charge is -2.22. The first-order valence-corrected chi connectivity index (χ1v) is 8.11. The van der Waals surface area contributed by atoms with E-state index in [1.54, 1.807) is 27.9 Å². The number of halogens is 2. The lowest BCUT2D eigenvalue weighted by atomic mass is 10.1. The summed E-state index contributed by atoms with van der Waals surface area (Å²) in [7, 11) is 1.84. The van der Waals surface area contributed by atoms with Crippen LogP contribution in [0.3, 0.4) is 0 Å². The molecule has 0 bridgehead atoms. The van der Waals surface area contributed by atoms with Crippen molar-refractivity contribution in [3.8, 4) is 0 Å². The number of hydrogen-bond donors (Lipinski definition) is 0. The number of carbonyl (C=O) groups is 2. The zero-order chi connectivity index (χ0) is 18.0. The van der Waals surface area contributed by atoms with Gasteiger partial charge in [-0.15, -0.1) is 0 Å². The third kappa shape index (κ3) is 3.70. The van der Waals surface area contributed by atoms with Crippen LogP contribution < -0.4 is 0 Å². The predicted octanol–water partition coefficient (Wildman–Crippen LogP) is 2.29. The van der Waals surface area contributed by atoms with Gasteiger partial charge in [0.1, 0.15) is 11.6 Å². The van der Waals surface area contributed by atoms with Crippen molar-refractivity contribution in [1.82, 2.24) is 14.4 Å². The summed E-state index contributed by atoms with van der Waals surface area (Å²) in [6.07, 6.45) is 4.13. The van der Waals surface area contributed by atoms with Crippen LogP contribution in [0.25, 0.3) is 0 Å². The lowest BCUT2D eigenvalue weighted by Crippen LogP contribution is -2.37. The maximum atomic E-state index is 13.8. The predicted molar refractivity (Wildman–Crippen MR) is 88.2 cm³/mol. The number of aromatic nitrogens is 1. The van der Waals surface area contributed by atoms with Gasteiger partial charge in [-0.3, -0.25) is 9.59 Å². The second-order valence-electron chi connectivity index (χ2n) is 6.13. The third-order valence-corrected chi connectivity index (χ3v) is 4.31. The normalized spacial score (nSPS) is 15.2. The summed E-state index contributed by atoms with van der Waals surface area (Å²) in [6, 6.07) is 4.59. The molecule has 2 amide bonds. The summed E-state index contributed by atoms with van der Waals surface area (Å²) in [6.45, 7) is 1.56. The molecule has 0 atom stereocenters.